The summed E-state index contributed by atoms with van der Waals surface area (Å²) < 4.78 is 13.8. The maximum Gasteiger partial charge on any atom is 0.145 e. The smallest absolute Gasteiger partial charge is 0.145 e. The van der Waals surface area contributed by atoms with Gasteiger partial charge in [0.15, 0.2) is 0 Å². The molecule has 0 fully saturated rings. The number of hydrogen-bond acceptors (Lipinski definition) is 3. The lowest BCUT2D eigenvalue weighted by atomic mass is 9.95. The van der Waals surface area contributed by atoms with Crippen LogP contribution in [0.25, 0.3) is 98.4 Å². The van der Waals surface area contributed by atoms with E-state index in [2.05, 4.69) is 199 Å². The van der Waals surface area contributed by atoms with Gasteiger partial charge in [-0.15, -0.1) is 0 Å². The zero-order valence-corrected chi connectivity index (χ0v) is 30.8. The molecule has 0 aliphatic heterocycles. The summed E-state index contributed by atoms with van der Waals surface area (Å²) in [6.45, 7) is 0. The van der Waals surface area contributed by atoms with Crippen LogP contribution in [-0.4, -0.2) is 0 Å². The minimum absolute atomic E-state index is 0.851. The van der Waals surface area contributed by atoms with Crippen molar-refractivity contribution in [3.8, 4) is 22.3 Å². The maximum absolute atomic E-state index is 6.95. The molecular formula is C54H33NO2. The Bertz CT molecular complexity index is 3530. The Kier molecular flexibility index (Phi) is 6.93. The van der Waals surface area contributed by atoms with Gasteiger partial charge in [-0.25, -0.2) is 0 Å². The maximum atomic E-state index is 6.95. The standard InChI is InChI=1S/C54H33NO2/c1-2-13-35(14-3-1)41-29-31-47(51-44-20-8-10-23-49(44)56-53(41)51)55(38-28-27-37-26-25-36-16-5-7-19-40(36)46(37)33-38)48-32-30-43(42-22-12-17-34-15-4-6-18-39(34)42)54-52(48)45-21-9-11-24-50(45)57-54/h1-33H. The quantitative estimate of drug-likeness (QED) is 0.165. The van der Waals surface area contributed by atoms with Gasteiger partial charge < -0.3 is 13.7 Å². The fourth-order valence-electron chi connectivity index (χ4n) is 9.05. The van der Waals surface area contributed by atoms with E-state index < -0.39 is 0 Å². The minimum atomic E-state index is 0.851. The molecular weight excluding hydrogens is 695 g/mol. The van der Waals surface area contributed by atoms with Gasteiger partial charge >= 0.3 is 0 Å². The van der Waals surface area contributed by atoms with Gasteiger partial charge in [0, 0.05) is 27.6 Å². The first-order valence-corrected chi connectivity index (χ1v) is 19.4. The fraction of sp³-hybridized carbons (Fsp3) is 0. The van der Waals surface area contributed by atoms with Crippen molar-refractivity contribution in [3.63, 3.8) is 0 Å². The summed E-state index contributed by atoms with van der Waals surface area (Å²) in [5, 5.41) is 11.5. The molecule has 3 heteroatoms. The number of anilines is 3. The van der Waals surface area contributed by atoms with Crippen LogP contribution in [-0.2, 0) is 0 Å². The van der Waals surface area contributed by atoms with Gasteiger partial charge in [0.25, 0.3) is 0 Å². The Hall–Kier alpha value is -7.62. The number of hydrogen-bond donors (Lipinski definition) is 0. The highest BCUT2D eigenvalue weighted by atomic mass is 16.3. The van der Waals surface area contributed by atoms with Crippen LogP contribution in [0.1, 0.15) is 0 Å². The second kappa shape index (κ2) is 12.5. The van der Waals surface area contributed by atoms with E-state index >= 15 is 0 Å². The Morgan fingerprint density at radius 2 is 0.825 bits per heavy atom. The first-order chi connectivity index (χ1) is 28.3. The predicted molar refractivity (Wildman–Crippen MR) is 239 cm³/mol. The third kappa shape index (κ3) is 4.86. The first kappa shape index (κ1) is 31.7. The zero-order valence-electron chi connectivity index (χ0n) is 30.8. The van der Waals surface area contributed by atoms with Gasteiger partial charge in [-0.3, -0.25) is 0 Å². The van der Waals surface area contributed by atoms with Crippen molar-refractivity contribution < 1.29 is 8.83 Å². The zero-order chi connectivity index (χ0) is 37.5. The molecule has 2 aromatic heterocycles. The van der Waals surface area contributed by atoms with Crippen molar-refractivity contribution in [2.24, 2.45) is 0 Å². The third-order valence-corrected chi connectivity index (χ3v) is 11.6. The van der Waals surface area contributed by atoms with Crippen molar-refractivity contribution >= 4 is 93.3 Å². The Balaban J connectivity index is 1.22. The van der Waals surface area contributed by atoms with E-state index in [4.69, 9.17) is 8.83 Å². The molecule has 0 radical (unpaired) electrons. The van der Waals surface area contributed by atoms with Crippen molar-refractivity contribution in [1.29, 1.82) is 0 Å². The van der Waals surface area contributed by atoms with E-state index in [1.807, 2.05) is 6.07 Å². The van der Waals surface area contributed by atoms with Crippen LogP contribution in [0, 0.1) is 0 Å². The second-order valence-electron chi connectivity index (χ2n) is 14.8. The number of fused-ring (bicyclic) bond motifs is 10. The molecule has 0 N–H and O–H groups in total. The van der Waals surface area contributed by atoms with E-state index in [0.29, 0.717) is 0 Å². The van der Waals surface area contributed by atoms with E-state index in [9.17, 15) is 0 Å². The molecule has 10 aromatic carbocycles. The van der Waals surface area contributed by atoms with Crippen LogP contribution in [0.3, 0.4) is 0 Å². The van der Waals surface area contributed by atoms with Crippen molar-refractivity contribution in [2.45, 2.75) is 0 Å². The summed E-state index contributed by atoms with van der Waals surface area (Å²) in [7, 11) is 0. The largest absolute Gasteiger partial charge is 0.455 e. The summed E-state index contributed by atoms with van der Waals surface area (Å²) in [4.78, 5) is 2.43. The van der Waals surface area contributed by atoms with Crippen molar-refractivity contribution in [2.75, 3.05) is 4.90 Å². The Labute approximate surface area is 328 Å². The highest BCUT2D eigenvalue weighted by Crippen LogP contribution is 2.51. The van der Waals surface area contributed by atoms with E-state index in [1.165, 1.54) is 32.3 Å². The third-order valence-electron chi connectivity index (χ3n) is 11.6. The molecule has 266 valence electrons. The number of rotatable bonds is 5. The van der Waals surface area contributed by atoms with Crippen LogP contribution >= 0.6 is 0 Å². The lowest BCUT2D eigenvalue weighted by Crippen LogP contribution is -2.11. The highest BCUT2D eigenvalue weighted by Gasteiger charge is 2.26. The number of benzene rings is 10. The molecule has 0 saturated heterocycles. The van der Waals surface area contributed by atoms with Gasteiger partial charge in [0.05, 0.1) is 22.1 Å². The van der Waals surface area contributed by atoms with Crippen LogP contribution in [0.15, 0.2) is 209 Å². The van der Waals surface area contributed by atoms with Crippen LogP contribution in [0.4, 0.5) is 17.1 Å². The van der Waals surface area contributed by atoms with Crippen LogP contribution in [0.5, 0.6) is 0 Å². The van der Waals surface area contributed by atoms with Gasteiger partial charge in [-0.1, -0.05) is 152 Å². The summed E-state index contributed by atoms with van der Waals surface area (Å²) in [5.74, 6) is 0. The molecule has 12 aromatic rings. The van der Waals surface area contributed by atoms with Gasteiger partial charge in [-0.2, -0.15) is 0 Å². The highest BCUT2D eigenvalue weighted by molar-refractivity contribution is 6.22. The molecule has 12 rings (SSSR count). The Morgan fingerprint density at radius 1 is 0.316 bits per heavy atom. The topological polar surface area (TPSA) is 29.5 Å². The monoisotopic (exact) mass is 727 g/mol. The number of furan rings is 2. The summed E-state index contributed by atoms with van der Waals surface area (Å²) in [5.41, 5.74) is 10.9. The molecule has 0 aliphatic carbocycles. The van der Waals surface area contributed by atoms with Gasteiger partial charge in [0.2, 0.25) is 0 Å². The molecule has 2 heterocycles. The normalized spacial score (nSPS) is 11.9. The molecule has 3 nitrogen and oxygen atoms in total. The molecule has 0 spiro atoms. The van der Waals surface area contributed by atoms with E-state index in [-0.39, 0.29) is 0 Å². The molecule has 0 bridgehead atoms. The molecule has 57 heavy (non-hydrogen) atoms. The predicted octanol–water partition coefficient (Wildman–Crippen LogP) is 15.7. The summed E-state index contributed by atoms with van der Waals surface area (Å²) in [6, 6.07) is 71.4. The molecule has 0 aliphatic rings. The minimum Gasteiger partial charge on any atom is -0.455 e. The average Bonchev–Trinajstić information content (AvgIpc) is 3.87. The molecule has 0 atom stereocenters. The summed E-state index contributed by atoms with van der Waals surface area (Å²) >= 11 is 0. The van der Waals surface area contributed by atoms with Crippen LogP contribution in [0.2, 0.25) is 0 Å². The van der Waals surface area contributed by atoms with Gasteiger partial charge in [0.1, 0.15) is 22.3 Å². The van der Waals surface area contributed by atoms with E-state index in [1.54, 1.807) is 0 Å². The lowest BCUT2D eigenvalue weighted by molar-refractivity contribution is 0.670. The Morgan fingerprint density at radius 3 is 1.53 bits per heavy atom. The van der Waals surface area contributed by atoms with E-state index in [0.717, 1.165) is 83.2 Å². The number of nitrogens with zero attached hydrogens (tertiary/aromatic N) is 1. The number of para-hydroxylation sites is 2. The summed E-state index contributed by atoms with van der Waals surface area (Å²) in [6.07, 6.45) is 0. The van der Waals surface area contributed by atoms with Gasteiger partial charge in [-0.05, 0) is 92.0 Å². The lowest BCUT2D eigenvalue weighted by Gasteiger charge is -2.28. The van der Waals surface area contributed by atoms with Crippen LogP contribution < -0.4 is 4.90 Å². The molecule has 0 amide bonds. The molecule has 0 unspecified atom stereocenters. The second-order valence-corrected chi connectivity index (χ2v) is 14.8. The van der Waals surface area contributed by atoms with Crippen molar-refractivity contribution in [1.82, 2.24) is 0 Å². The fourth-order valence-corrected chi connectivity index (χ4v) is 9.05. The first-order valence-electron chi connectivity index (χ1n) is 19.4. The van der Waals surface area contributed by atoms with Crippen molar-refractivity contribution in [3.05, 3.63) is 200 Å². The molecule has 0 saturated carbocycles. The SMILES string of the molecule is c1ccc(-c2ccc(N(c3ccc4ccc5ccccc5c4c3)c3ccc(-c4cccc5ccccc45)c4oc5ccccc5c34)c3c2oc2ccccc23)cc1. The average molecular weight is 728 g/mol.